The molecule has 0 bridgehead atoms. The van der Waals surface area contributed by atoms with Gasteiger partial charge < -0.3 is 10.1 Å². The molecule has 1 amide bonds. The lowest BCUT2D eigenvalue weighted by Crippen LogP contribution is -2.31. The summed E-state index contributed by atoms with van der Waals surface area (Å²) in [4.78, 5) is 12.4. The lowest BCUT2D eigenvalue weighted by atomic mass is 10.2. The van der Waals surface area contributed by atoms with Crippen LogP contribution in [-0.4, -0.2) is 33.5 Å². The minimum atomic E-state index is -3.71. The van der Waals surface area contributed by atoms with Gasteiger partial charge >= 0.3 is 0 Å². The van der Waals surface area contributed by atoms with Crippen molar-refractivity contribution >= 4 is 27.5 Å². The summed E-state index contributed by atoms with van der Waals surface area (Å²) in [6, 6.07) is 11.4. The van der Waals surface area contributed by atoms with Crippen LogP contribution in [0.25, 0.3) is 0 Å². The highest BCUT2D eigenvalue weighted by atomic mass is 35.5. The van der Waals surface area contributed by atoms with E-state index in [4.69, 9.17) is 16.3 Å². The molecule has 2 aromatic carbocycles. The Balaban J connectivity index is 2.00. The summed E-state index contributed by atoms with van der Waals surface area (Å²) in [5, 5.41) is 2.86. The number of rotatable bonds is 8. The zero-order valence-corrected chi connectivity index (χ0v) is 17.0. The van der Waals surface area contributed by atoms with E-state index in [0.29, 0.717) is 0 Å². The molecule has 0 aliphatic carbocycles. The molecule has 0 aliphatic heterocycles. The van der Waals surface area contributed by atoms with Gasteiger partial charge in [0.15, 0.2) is 0 Å². The molecule has 2 rings (SSSR count). The highest BCUT2D eigenvalue weighted by Gasteiger charge is 2.19. The molecule has 8 heteroatoms. The Kier molecular flexibility index (Phi) is 7.24. The third-order valence-corrected chi connectivity index (χ3v) is 5.52. The Morgan fingerprint density at radius 2 is 1.93 bits per heavy atom. The lowest BCUT2D eigenvalue weighted by molar-refractivity contribution is 0.0947. The van der Waals surface area contributed by atoms with E-state index >= 15 is 0 Å². The van der Waals surface area contributed by atoms with Crippen LogP contribution in [0.2, 0.25) is 5.02 Å². The summed E-state index contributed by atoms with van der Waals surface area (Å²) >= 11 is 6.07. The van der Waals surface area contributed by atoms with Crippen molar-refractivity contribution in [1.29, 1.82) is 0 Å². The summed E-state index contributed by atoms with van der Waals surface area (Å²) < 4.78 is 32.6. The van der Waals surface area contributed by atoms with Crippen LogP contribution >= 0.6 is 11.6 Å². The average molecular weight is 411 g/mol. The molecule has 0 radical (unpaired) electrons. The van der Waals surface area contributed by atoms with Crippen molar-refractivity contribution < 1.29 is 17.9 Å². The van der Waals surface area contributed by atoms with Gasteiger partial charge in [0.2, 0.25) is 10.0 Å². The quantitative estimate of drug-likeness (QED) is 0.655. The maximum Gasteiger partial charge on any atom is 0.252 e. The summed E-state index contributed by atoms with van der Waals surface area (Å²) in [5.74, 6) is 0.254. The second-order valence-corrected chi connectivity index (χ2v) is 8.46. The largest absolute Gasteiger partial charge is 0.492 e. The normalized spacial score (nSPS) is 11.4. The number of hydrogen-bond acceptors (Lipinski definition) is 4. The first-order valence-corrected chi connectivity index (χ1v) is 10.3. The van der Waals surface area contributed by atoms with E-state index in [1.54, 1.807) is 13.8 Å². The van der Waals surface area contributed by atoms with Gasteiger partial charge in [-0.3, -0.25) is 4.79 Å². The predicted molar refractivity (Wildman–Crippen MR) is 106 cm³/mol. The number of sulfonamides is 1. The molecule has 0 saturated heterocycles. The number of ether oxygens (including phenoxy) is 1. The highest BCUT2D eigenvalue weighted by molar-refractivity contribution is 7.89. The van der Waals surface area contributed by atoms with Crippen LogP contribution in [0.1, 0.15) is 29.8 Å². The van der Waals surface area contributed by atoms with Crippen molar-refractivity contribution in [2.24, 2.45) is 0 Å². The number of carbonyl (C=O) groups is 1. The number of benzene rings is 2. The molecule has 0 fully saturated rings. The Morgan fingerprint density at radius 1 is 1.19 bits per heavy atom. The van der Waals surface area contributed by atoms with E-state index in [9.17, 15) is 13.2 Å². The fraction of sp³-hybridized carbons (Fsp3) is 0.316. The number of carbonyl (C=O) groups excluding carboxylic acids is 1. The summed E-state index contributed by atoms with van der Waals surface area (Å²) in [5.41, 5.74) is 1.18. The molecule has 0 heterocycles. The van der Waals surface area contributed by atoms with Gasteiger partial charge in [-0.2, -0.15) is 0 Å². The van der Waals surface area contributed by atoms with Gasteiger partial charge in [-0.25, -0.2) is 13.1 Å². The monoisotopic (exact) mass is 410 g/mol. The minimum Gasteiger partial charge on any atom is -0.492 e. The number of nitrogens with one attached hydrogen (secondary N) is 2. The third kappa shape index (κ3) is 6.23. The van der Waals surface area contributed by atoms with Crippen LogP contribution in [0.3, 0.4) is 0 Å². The topological polar surface area (TPSA) is 84.5 Å². The van der Waals surface area contributed by atoms with E-state index in [0.717, 1.165) is 11.3 Å². The first-order valence-electron chi connectivity index (χ1n) is 8.48. The van der Waals surface area contributed by atoms with Crippen LogP contribution < -0.4 is 14.8 Å². The molecule has 0 spiro atoms. The van der Waals surface area contributed by atoms with E-state index in [-0.39, 0.29) is 34.7 Å². The summed E-state index contributed by atoms with van der Waals surface area (Å²) in [7, 11) is -3.71. The molecule has 2 aromatic rings. The van der Waals surface area contributed by atoms with Crippen LogP contribution in [-0.2, 0) is 10.0 Å². The van der Waals surface area contributed by atoms with Crippen molar-refractivity contribution in [2.75, 3.05) is 13.2 Å². The Bertz CT molecular complexity index is 914. The molecule has 0 unspecified atom stereocenters. The number of hydrogen-bond donors (Lipinski definition) is 2. The predicted octanol–water partition coefficient (Wildman–Crippen LogP) is 3.14. The summed E-state index contributed by atoms with van der Waals surface area (Å²) in [6.45, 7) is 5.93. The fourth-order valence-corrected chi connectivity index (χ4v) is 3.84. The molecular formula is C19H23ClN2O4S. The second kappa shape index (κ2) is 9.21. The Labute approximate surface area is 164 Å². The van der Waals surface area contributed by atoms with E-state index in [2.05, 4.69) is 10.0 Å². The van der Waals surface area contributed by atoms with E-state index < -0.39 is 15.9 Å². The van der Waals surface area contributed by atoms with E-state index in [1.807, 2.05) is 31.2 Å². The maximum atomic E-state index is 12.4. The molecule has 6 nitrogen and oxygen atoms in total. The van der Waals surface area contributed by atoms with Crippen LogP contribution in [0.5, 0.6) is 5.75 Å². The zero-order valence-electron chi connectivity index (χ0n) is 15.5. The van der Waals surface area contributed by atoms with Gasteiger partial charge in [0.25, 0.3) is 5.91 Å². The SMILES string of the molecule is Cc1cccc(OCCNC(=O)c2cc(S(=O)(=O)NC(C)C)ccc2Cl)c1. The van der Waals surface area contributed by atoms with Crippen LogP contribution in [0.15, 0.2) is 47.4 Å². The van der Waals surface area contributed by atoms with Crippen molar-refractivity contribution in [1.82, 2.24) is 10.0 Å². The lowest BCUT2D eigenvalue weighted by Gasteiger charge is -2.12. The number of aryl methyl sites for hydroxylation is 1. The van der Waals surface area contributed by atoms with Gasteiger partial charge in [-0.1, -0.05) is 23.7 Å². The molecule has 0 atom stereocenters. The van der Waals surface area contributed by atoms with Crippen molar-refractivity contribution in [3.8, 4) is 5.75 Å². The number of halogens is 1. The summed E-state index contributed by atoms with van der Waals surface area (Å²) in [6.07, 6.45) is 0. The fourth-order valence-electron chi connectivity index (χ4n) is 2.36. The standard InChI is InChI=1S/C19H23ClN2O4S/c1-13(2)22-27(24,25)16-7-8-18(20)17(12-16)19(23)21-9-10-26-15-6-4-5-14(3)11-15/h4-8,11-13,22H,9-10H2,1-3H3,(H,21,23). The van der Waals surface area contributed by atoms with Gasteiger partial charge in [-0.15, -0.1) is 0 Å². The third-order valence-electron chi connectivity index (χ3n) is 3.53. The maximum absolute atomic E-state index is 12.4. The van der Waals surface area contributed by atoms with Crippen molar-refractivity contribution in [3.63, 3.8) is 0 Å². The van der Waals surface area contributed by atoms with Gasteiger partial charge in [-0.05, 0) is 56.7 Å². The smallest absolute Gasteiger partial charge is 0.252 e. The molecule has 0 aromatic heterocycles. The molecular weight excluding hydrogens is 388 g/mol. The van der Waals surface area contributed by atoms with Gasteiger partial charge in [0.1, 0.15) is 12.4 Å². The Morgan fingerprint density at radius 3 is 2.59 bits per heavy atom. The van der Waals surface area contributed by atoms with Crippen LogP contribution in [0.4, 0.5) is 0 Å². The molecule has 0 aliphatic rings. The first kappa shape index (κ1) is 21.2. The molecule has 27 heavy (non-hydrogen) atoms. The van der Waals surface area contributed by atoms with Crippen LogP contribution in [0, 0.1) is 6.92 Å². The zero-order chi connectivity index (χ0) is 20.0. The molecule has 0 saturated carbocycles. The first-order chi connectivity index (χ1) is 12.7. The number of amides is 1. The highest BCUT2D eigenvalue weighted by Crippen LogP contribution is 2.21. The Hall–Kier alpha value is -2.09. The minimum absolute atomic E-state index is 0.0123. The van der Waals surface area contributed by atoms with Crippen molar-refractivity contribution in [2.45, 2.75) is 31.7 Å². The van der Waals surface area contributed by atoms with Crippen molar-refractivity contribution in [3.05, 3.63) is 58.6 Å². The molecule has 2 N–H and O–H groups in total. The molecule has 146 valence electrons. The average Bonchev–Trinajstić information content (AvgIpc) is 2.57. The van der Waals surface area contributed by atoms with Gasteiger partial charge in [0, 0.05) is 6.04 Å². The van der Waals surface area contributed by atoms with E-state index in [1.165, 1.54) is 18.2 Å². The van der Waals surface area contributed by atoms with Gasteiger partial charge in [0.05, 0.1) is 22.0 Å². The second-order valence-electron chi connectivity index (χ2n) is 6.34.